The Balaban J connectivity index is 0.000000816. The second-order valence-electron chi connectivity index (χ2n) is 5.36. The van der Waals surface area contributed by atoms with Crippen LogP contribution in [0.25, 0.3) is 0 Å². The summed E-state index contributed by atoms with van der Waals surface area (Å²) in [6.07, 6.45) is 2.75. The van der Waals surface area contributed by atoms with Crippen molar-refractivity contribution < 1.29 is 14.3 Å². The highest BCUT2D eigenvalue weighted by Crippen LogP contribution is 2.02. The Morgan fingerprint density at radius 3 is 2.35 bits per heavy atom. The van der Waals surface area contributed by atoms with Crippen LogP contribution in [-0.2, 0) is 16.0 Å². The smallest absolute Gasteiger partial charge is 0.317 e. The van der Waals surface area contributed by atoms with Crippen LogP contribution < -0.4 is 5.32 Å². The summed E-state index contributed by atoms with van der Waals surface area (Å²) < 4.78 is 4.25. The minimum Gasteiger partial charge on any atom is -0.388 e. The summed E-state index contributed by atoms with van der Waals surface area (Å²) in [5.74, 6) is 0. The molecule has 0 aromatic heterocycles. The summed E-state index contributed by atoms with van der Waals surface area (Å²) in [6, 6.07) is 10.2. The summed E-state index contributed by atoms with van der Waals surface area (Å²) in [7, 11) is 3.25. The van der Waals surface area contributed by atoms with Gasteiger partial charge in [0.1, 0.15) is 0 Å². The number of nitrogens with one attached hydrogen (secondary N) is 1. The van der Waals surface area contributed by atoms with E-state index in [2.05, 4.69) is 22.2 Å². The molecule has 0 unspecified atom stereocenters. The van der Waals surface area contributed by atoms with Gasteiger partial charge in [-0.3, -0.25) is 4.79 Å². The van der Waals surface area contributed by atoms with Crippen molar-refractivity contribution in [2.75, 3.05) is 46.9 Å². The first-order valence-electron chi connectivity index (χ1n) is 7.87. The number of hydrogen-bond acceptors (Lipinski definition) is 3. The number of carbonyl (C=O) groups excluding carboxylic acids is 2. The van der Waals surface area contributed by atoms with E-state index in [1.165, 1.54) is 5.56 Å². The Labute approximate surface area is 138 Å². The molecule has 1 aliphatic heterocycles. The quantitative estimate of drug-likeness (QED) is 0.658. The lowest BCUT2D eigenvalue weighted by atomic mass is 10.1. The lowest BCUT2D eigenvalue weighted by molar-refractivity contribution is -0.119. The number of hydrogen-bond donors (Lipinski definition) is 1. The molecule has 0 bridgehead atoms. The molecule has 0 aliphatic carbocycles. The van der Waals surface area contributed by atoms with Crippen LogP contribution in [-0.4, -0.2) is 69.2 Å². The van der Waals surface area contributed by atoms with Gasteiger partial charge in [-0.1, -0.05) is 30.3 Å². The van der Waals surface area contributed by atoms with E-state index in [4.69, 9.17) is 0 Å². The van der Waals surface area contributed by atoms with Gasteiger partial charge in [-0.15, -0.1) is 0 Å². The molecule has 1 saturated heterocycles. The first kappa shape index (κ1) is 19.0. The molecule has 6 nitrogen and oxygen atoms in total. The highest BCUT2D eigenvalue weighted by molar-refractivity contribution is 5.74. The third kappa shape index (κ3) is 7.65. The van der Waals surface area contributed by atoms with Gasteiger partial charge in [0.05, 0.1) is 0 Å². The maximum atomic E-state index is 11.9. The number of rotatable bonds is 5. The van der Waals surface area contributed by atoms with Gasteiger partial charge < -0.3 is 19.9 Å². The first-order valence-corrected chi connectivity index (χ1v) is 7.87. The van der Waals surface area contributed by atoms with Crippen LogP contribution in [0.2, 0.25) is 0 Å². The van der Waals surface area contributed by atoms with E-state index < -0.39 is 0 Å². The van der Waals surface area contributed by atoms with Gasteiger partial charge >= 0.3 is 6.03 Å². The van der Waals surface area contributed by atoms with Crippen LogP contribution in [0.3, 0.4) is 0 Å². The number of benzene rings is 1. The second-order valence-corrected chi connectivity index (χ2v) is 5.36. The van der Waals surface area contributed by atoms with E-state index in [1.54, 1.807) is 24.0 Å². The molecule has 1 fully saturated rings. The Morgan fingerprint density at radius 1 is 1.17 bits per heavy atom. The zero-order valence-electron chi connectivity index (χ0n) is 14.0. The van der Waals surface area contributed by atoms with Gasteiger partial charge in [0, 0.05) is 46.9 Å². The molecule has 1 aromatic rings. The van der Waals surface area contributed by atoms with E-state index in [-0.39, 0.29) is 6.03 Å². The number of aryl methyl sites for hydroxylation is 1. The molecule has 1 aliphatic rings. The number of piperazine rings is 1. The van der Waals surface area contributed by atoms with Gasteiger partial charge in [0.25, 0.3) is 0 Å². The molecule has 128 valence electrons. The van der Waals surface area contributed by atoms with Crippen LogP contribution in [0.4, 0.5) is 4.79 Å². The van der Waals surface area contributed by atoms with Crippen molar-refractivity contribution in [3.63, 3.8) is 0 Å². The standard InChI is InChI=1S/C15H21N3O2.C2H6O/c19-13-17-9-11-18(12-10-17)15(20)16-8-4-7-14-5-2-1-3-6-14;1-3-2/h1-3,5-6,13H,4,7-12H2,(H,16,20);1-2H3. The molecule has 0 radical (unpaired) electrons. The van der Waals surface area contributed by atoms with Crippen molar-refractivity contribution in [3.05, 3.63) is 35.9 Å². The molecular formula is C17H27N3O3. The third-order valence-electron chi connectivity index (χ3n) is 3.51. The van der Waals surface area contributed by atoms with Crippen molar-refractivity contribution in [3.8, 4) is 0 Å². The number of ether oxygens (including phenoxy) is 1. The molecule has 1 N–H and O–H groups in total. The minimum absolute atomic E-state index is 0.0244. The molecule has 3 amide bonds. The molecule has 2 rings (SSSR count). The van der Waals surface area contributed by atoms with E-state index >= 15 is 0 Å². The Hall–Kier alpha value is -2.08. The fourth-order valence-electron chi connectivity index (χ4n) is 2.27. The SMILES string of the molecule is COC.O=CN1CCN(C(=O)NCCCc2ccccc2)CC1. The normalized spacial score (nSPS) is 13.8. The Morgan fingerprint density at radius 2 is 1.78 bits per heavy atom. The number of carbonyl (C=O) groups is 2. The van der Waals surface area contributed by atoms with E-state index in [1.807, 2.05) is 18.2 Å². The number of urea groups is 1. The fourth-order valence-corrected chi connectivity index (χ4v) is 2.27. The van der Waals surface area contributed by atoms with Crippen molar-refractivity contribution in [1.82, 2.24) is 15.1 Å². The minimum atomic E-state index is -0.0244. The van der Waals surface area contributed by atoms with Crippen LogP contribution in [0.1, 0.15) is 12.0 Å². The average molecular weight is 321 g/mol. The predicted molar refractivity (Wildman–Crippen MR) is 90.3 cm³/mol. The topological polar surface area (TPSA) is 61.9 Å². The maximum Gasteiger partial charge on any atom is 0.317 e. The highest BCUT2D eigenvalue weighted by Gasteiger charge is 2.19. The monoisotopic (exact) mass is 321 g/mol. The van der Waals surface area contributed by atoms with Gasteiger partial charge in [-0.2, -0.15) is 0 Å². The second kappa shape index (κ2) is 11.5. The molecule has 1 heterocycles. The van der Waals surface area contributed by atoms with Crippen LogP contribution in [0.15, 0.2) is 30.3 Å². The number of amides is 3. The molecule has 0 atom stereocenters. The van der Waals surface area contributed by atoms with Crippen molar-refractivity contribution >= 4 is 12.4 Å². The third-order valence-corrected chi connectivity index (χ3v) is 3.51. The zero-order valence-corrected chi connectivity index (χ0v) is 14.0. The number of methoxy groups -OCH3 is 1. The Bertz CT molecular complexity index is 446. The largest absolute Gasteiger partial charge is 0.388 e. The number of nitrogens with zero attached hydrogens (tertiary/aromatic N) is 2. The molecule has 6 heteroatoms. The molecule has 0 saturated carbocycles. The lowest BCUT2D eigenvalue weighted by Crippen LogP contribution is -2.51. The van der Waals surface area contributed by atoms with Crippen molar-refractivity contribution in [1.29, 1.82) is 0 Å². The van der Waals surface area contributed by atoms with Gasteiger partial charge in [-0.25, -0.2) is 4.79 Å². The van der Waals surface area contributed by atoms with E-state index in [0.717, 1.165) is 19.3 Å². The van der Waals surface area contributed by atoms with Gasteiger partial charge in [0.2, 0.25) is 6.41 Å². The summed E-state index contributed by atoms with van der Waals surface area (Å²) in [4.78, 5) is 26.0. The van der Waals surface area contributed by atoms with E-state index in [9.17, 15) is 9.59 Å². The zero-order chi connectivity index (χ0) is 16.9. The highest BCUT2D eigenvalue weighted by atomic mass is 16.4. The van der Waals surface area contributed by atoms with Crippen LogP contribution in [0.5, 0.6) is 0 Å². The average Bonchev–Trinajstić information content (AvgIpc) is 2.60. The Kier molecular flexibility index (Phi) is 9.47. The summed E-state index contributed by atoms with van der Waals surface area (Å²) in [6.45, 7) is 3.16. The van der Waals surface area contributed by atoms with Crippen LogP contribution >= 0.6 is 0 Å². The van der Waals surface area contributed by atoms with Crippen molar-refractivity contribution in [2.24, 2.45) is 0 Å². The molecular weight excluding hydrogens is 294 g/mol. The fraction of sp³-hybridized carbons (Fsp3) is 0.529. The molecule has 0 spiro atoms. The van der Waals surface area contributed by atoms with Crippen molar-refractivity contribution in [2.45, 2.75) is 12.8 Å². The summed E-state index contributed by atoms with van der Waals surface area (Å²) >= 11 is 0. The lowest BCUT2D eigenvalue weighted by Gasteiger charge is -2.32. The van der Waals surface area contributed by atoms with Gasteiger partial charge in [0.15, 0.2) is 0 Å². The van der Waals surface area contributed by atoms with E-state index in [0.29, 0.717) is 32.7 Å². The molecule has 23 heavy (non-hydrogen) atoms. The first-order chi connectivity index (χ1) is 11.2. The maximum absolute atomic E-state index is 11.9. The summed E-state index contributed by atoms with van der Waals surface area (Å²) in [5, 5.41) is 2.94. The van der Waals surface area contributed by atoms with Crippen LogP contribution in [0, 0.1) is 0 Å². The summed E-state index contributed by atoms with van der Waals surface area (Å²) in [5.41, 5.74) is 1.29. The predicted octanol–water partition coefficient (Wildman–Crippen LogP) is 1.37. The molecule has 1 aromatic carbocycles. The van der Waals surface area contributed by atoms with Gasteiger partial charge in [-0.05, 0) is 18.4 Å².